The van der Waals surface area contributed by atoms with Gasteiger partial charge in [0.25, 0.3) is 5.91 Å². The number of halogens is 1. The molecule has 0 radical (unpaired) electrons. The Bertz CT molecular complexity index is 825. The molecule has 1 saturated heterocycles. The molecule has 1 aromatic heterocycles. The lowest BCUT2D eigenvalue weighted by molar-refractivity contribution is -0.122. The second kappa shape index (κ2) is 8.76. The SMILES string of the molecule is CCCCNC(=O)CN1CCN(C(=O)c2oc3ccc(Cl)cc3c2C)CC1. The van der Waals surface area contributed by atoms with Gasteiger partial charge in [0.2, 0.25) is 5.91 Å². The van der Waals surface area contributed by atoms with Crippen LogP contribution in [0.4, 0.5) is 0 Å². The number of furan rings is 1. The Balaban J connectivity index is 1.57. The van der Waals surface area contributed by atoms with Crippen molar-refractivity contribution in [3.05, 3.63) is 34.5 Å². The van der Waals surface area contributed by atoms with Crippen LogP contribution in [-0.2, 0) is 4.79 Å². The average Bonchev–Trinajstić information content (AvgIpc) is 2.98. The Labute approximate surface area is 164 Å². The summed E-state index contributed by atoms with van der Waals surface area (Å²) in [6.07, 6.45) is 2.06. The van der Waals surface area contributed by atoms with Crippen LogP contribution in [0.2, 0.25) is 5.02 Å². The van der Waals surface area contributed by atoms with Crippen LogP contribution in [0.25, 0.3) is 11.0 Å². The molecule has 1 N–H and O–H groups in total. The zero-order valence-electron chi connectivity index (χ0n) is 15.9. The van der Waals surface area contributed by atoms with Crippen molar-refractivity contribution in [1.82, 2.24) is 15.1 Å². The van der Waals surface area contributed by atoms with E-state index in [1.165, 1.54) is 0 Å². The Morgan fingerprint density at radius 2 is 1.96 bits per heavy atom. The maximum absolute atomic E-state index is 12.9. The number of nitrogens with zero attached hydrogens (tertiary/aromatic N) is 2. The minimum Gasteiger partial charge on any atom is -0.451 e. The van der Waals surface area contributed by atoms with Gasteiger partial charge in [-0.15, -0.1) is 0 Å². The number of benzene rings is 1. The summed E-state index contributed by atoms with van der Waals surface area (Å²) < 4.78 is 5.79. The van der Waals surface area contributed by atoms with Gasteiger partial charge in [-0.05, 0) is 31.5 Å². The van der Waals surface area contributed by atoms with Crippen LogP contribution in [-0.4, -0.2) is 60.9 Å². The number of aryl methyl sites for hydroxylation is 1. The summed E-state index contributed by atoms with van der Waals surface area (Å²) in [7, 11) is 0. The molecule has 0 aliphatic carbocycles. The smallest absolute Gasteiger partial charge is 0.289 e. The van der Waals surface area contributed by atoms with Crippen molar-refractivity contribution >= 4 is 34.4 Å². The largest absolute Gasteiger partial charge is 0.451 e. The van der Waals surface area contributed by atoms with Crippen LogP contribution in [0.5, 0.6) is 0 Å². The second-order valence-electron chi connectivity index (χ2n) is 6.97. The van der Waals surface area contributed by atoms with E-state index in [1.54, 1.807) is 17.0 Å². The van der Waals surface area contributed by atoms with E-state index in [9.17, 15) is 9.59 Å². The van der Waals surface area contributed by atoms with E-state index in [-0.39, 0.29) is 11.8 Å². The Kier molecular flexibility index (Phi) is 6.39. The molecule has 0 bridgehead atoms. The van der Waals surface area contributed by atoms with Gasteiger partial charge in [-0.25, -0.2) is 0 Å². The molecule has 2 heterocycles. The molecular formula is C20H26ClN3O3. The van der Waals surface area contributed by atoms with Gasteiger partial charge in [-0.1, -0.05) is 24.9 Å². The Morgan fingerprint density at radius 1 is 1.22 bits per heavy atom. The molecule has 0 unspecified atom stereocenters. The van der Waals surface area contributed by atoms with Crippen LogP contribution in [0.1, 0.15) is 35.9 Å². The topological polar surface area (TPSA) is 65.8 Å². The fourth-order valence-electron chi connectivity index (χ4n) is 3.31. The third kappa shape index (κ3) is 4.62. The molecule has 3 rings (SSSR count). The number of fused-ring (bicyclic) bond motifs is 1. The van der Waals surface area contributed by atoms with Gasteiger partial charge < -0.3 is 14.6 Å². The summed E-state index contributed by atoms with van der Waals surface area (Å²) >= 11 is 6.05. The van der Waals surface area contributed by atoms with Crippen molar-refractivity contribution in [3.63, 3.8) is 0 Å². The molecule has 2 amide bonds. The van der Waals surface area contributed by atoms with Crippen LogP contribution < -0.4 is 5.32 Å². The van der Waals surface area contributed by atoms with Crippen LogP contribution >= 0.6 is 11.6 Å². The van der Waals surface area contributed by atoms with E-state index < -0.39 is 0 Å². The lowest BCUT2D eigenvalue weighted by Gasteiger charge is -2.33. The second-order valence-corrected chi connectivity index (χ2v) is 7.40. The Hall–Kier alpha value is -2.05. The summed E-state index contributed by atoms with van der Waals surface area (Å²) in [6.45, 7) is 7.61. The van der Waals surface area contributed by atoms with Crippen molar-refractivity contribution in [2.24, 2.45) is 0 Å². The van der Waals surface area contributed by atoms with Gasteiger partial charge in [-0.3, -0.25) is 14.5 Å². The molecule has 0 spiro atoms. The van der Waals surface area contributed by atoms with Crippen molar-refractivity contribution in [1.29, 1.82) is 0 Å². The maximum atomic E-state index is 12.9. The molecule has 0 saturated carbocycles. The first-order chi connectivity index (χ1) is 13.0. The van der Waals surface area contributed by atoms with E-state index in [0.29, 0.717) is 49.1 Å². The average molecular weight is 392 g/mol. The summed E-state index contributed by atoms with van der Waals surface area (Å²) in [5.74, 6) is 0.318. The van der Waals surface area contributed by atoms with Gasteiger partial charge in [0, 0.05) is 48.7 Å². The van der Waals surface area contributed by atoms with E-state index in [0.717, 1.165) is 30.3 Å². The molecule has 27 heavy (non-hydrogen) atoms. The zero-order chi connectivity index (χ0) is 19.4. The van der Waals surface area contributed by atoms with Crippen LogP contribution in [0.3, 0.4) is 0 Å². The van der Waals surface area contributed by atoms with Crippen molar-refractivity contribution in [3.8, 4) is 0 Å². The minimum absolute atomic E-state index is 0.0493. The normalized spacial score (nSPS) is 15.3. The fourth-order valence-corrected chi connectivity index (χ4v) is 3.49. The lowest BCUT2D eigenvalue weighted by Crippen LogP contribution is -2.51. The fraction of sp³-hybridized carbons (Fsp3) is 0.500. The van der Waals surface area contributed by atoms with Crippen molar-refractivity contribution < 1.29 is 14.0 Å². The standard InChI is InChI=1S/C20H26ClN3O3/c1-3-4-7-22-18(25)13-23-8-10-24(11-9-23)20(26)19-14(2)16-12-15(21)5-6-17(16)27-19/h5-6,12H,3-4,7-11,13H2,1-2H3,(H,22,25). The summed E-state index contributed by atoms with van der Waals surface area (Å²) in [5, 5.41) is 4.42. The number of carbonyl (C=O) groups excluding carboxylic acids is 2. The van der Waals surface area contributed by atoms with E-state index in [1.807, 2.05) is 13.0 Å². The van der Waals surface area contributed by atoms with E-state index in [4.69, 9.17) is 16.0 Å². The number of rotatable bonds is 6. The predicted molar refractivity (Wildman–Crippen MR) is 106 cm³/mol. The number of piperazine rings is 1. The number of nitrogens with one attached hydrogen (secondary N) is 1. The molecular weight excluding hydrogens is 366 g/mol. The molecule has 0 atom stereocenters. The summed E-state index contributed by atoms with van der Waals surface area (Å²) in [4.78, 5) is 28.7. The van der Waals surface area contributed by atoms with E-state index >= 15 is 0 Å². The first-order valence-electron chi connectivity index (χ1n) is 9.46. The molecule has 1 aliphatic rings. The van der Waals surface area contributed by atoms with Crippen molar-refractivity contribution in [2.75, 3.05) is 39.3 Å². The molecule has 146 valence electrons. The Morgan fingerprint density at radius 3 is 2.67 bits per heavy atom. The third-order valence-corrected chi connectivity index (χ3v) is 5.21. The maximum Gasteiger partial charge on any atom is 0.289 e. The first kappa shape index (κ1) is 19.7. The monoisotopic (exact) mass is 391 g/mol. The molecule has 2 aromatic rings. The number of amides is 2. The minimum atomic E-state index is -0.105. The van der Waals surface area contributed by atoms with Crippen LogP contribution in [0, 0.1) is 6.92 Å². The van der Waals surface area contributed by atoms with Gasteiger partial charge >= 0.3 is 0 Å². The predicted octanol–water partition coefficient (Wildman–Crippen LogP) is 3.07. The number of carbonyl (C=O) groups is 2. The highest BCUT2D eigenvalue weighted by Crippen LogP contribution is 2.28. The number of hydrogen-bond donors (Lipinski definition) is 1. The molecule has 1 aliphatic heterocycles. The molecule has 1 aromatic carbocycles. The molecule has 7 heteroatoms. The summed E-state index contributed by atoms with van der Waals surface area (Å²) in [5.41, 5.74) is 1.48. The highest BCUT2D eigenvalue weighted by Gasteiger charge is 2.27. The van der Waals surface area contributed by atoms with Gasteiger partial charge in [0.05, 0.1) is 6.54 Å². The number of unbranched alkanes of at least 4 members (excludes halogenated alkanes) is 1. The first-order valence-corrected chi connectivity index (χ1v) is 9.84. The zero-order valence-corrected chi connectivity index (χ0v) is 16.6. The third-order valence-electron chi connectivity index (χ3n) is 4.97. The quantitative estimate of drug-likeness (QED) is 0.768. The van der Waals surface area contributed by atoms with Gasteiger partial charge in [0.15, 0.2) is 5.76 Å². The molecule has 1 fully saturated rings. The van der Waals surface area contributed by atoms with E-state index in [2.05, 4.69) is 17.1 Å². The van der Waals surface area contributed by atoms with Crippen molar-refractivity contribution in [2.45, 2.75) is 26.7 Å². The van der Waals surface area contributed by atoms with Crippen LogP contribution in [0.15, 0.2) is 22.6 Å². The highest BCUT2D eigenvalue weighted by atomic mass is 35.5. The number of hydrogen-bond acceptors (Lipinski definition) is 4. The highest BCUT2D eigenvalue weighted by molar-refractivity contribution is 6.31. The van der Waals surface area contributed by atoms with Gasteiger partial charge in [0.1, 0.15) is 5.58 Å². The van der Waals surface area contributed by atoms with Gasteiger partial charge in [-0.2, -0.15) is 0 Å². The lowest BCUT2D eigenvalue weighted by atomic mass is 10.1. The molecule has 6 nitrogen and oxygen atoms in total. The summed E-state index contributed by atoms with van der Waals surface area (Å²) in [6, 6.07) is 5.36.